The Kier molecular flexibility index (Phi) is 2.61. The molecule has 0 amide bonds. The van der Waals surface area contributed by atoms with Crippen molar-refractivity contribution in [2.45, 2.75) is 26.2 Å². The molecule has 2 aliphatic carbocycles. The van der Waals surface area contributed by atoms with Gasteiger partial charge in [0.2, 0.25) is 0 Å². The Hall–Kier alpha value is -1.52. The lowest BCUT2D eigenvalue weighted by atomic mass is 9.97. The van der Waals surface area contributed by atoms with Gasteiger partial charge >= 0.3 is 0 Å². The third kappa shape index (κ3) is 1.77. The van der Waals surface area contributed by atoms with Gasteiger partial charge in [-0.15, -0.1) is 0 Å². The highest BCUT2D eigenvalue weighted by molar-refractivity contribution is 6.45. The first kappa shape index (κ1) is 11.0. The summed E-state index contributed by atoms with van der Waals surface area (Å²) in [5, 5.41) is 11.2. The largest absolute Gasteiger partial charge is 0.402 e. The molecular weight excluding hydrogens is 202 g/mol. The summed E-state index contributed by atoms with van der Waals surface area (Å²) in [4.78, 5) is 0. The van der Waals surface area contributed by atoms with Gasteiger partial charge in [0.1, 0.15) is 5.71 Å². The quantitative estimate of drug-likeness (QED) is 0.241. The number of allylic oxidation sites excluding steroid dienone is 1. The maximum Gasteiger partial charge on any atom is 0.168 e. The second-order valence-electron chi connectivity index (χ2n) is 4.94. The number of nitrogens with two attached hydrogens (primary N) is 3. The molecule has 88 valence electrons. The van der Waals surface area contributed by atoms with Crippen molar-refractivity contribution in [1.29, 1.82) is 5.41 Å². The fourth-order valence-corrected chi connectivity index (χ4v) is 2.66. The van der Waals surface area contributed by atoms with E-state index in [-0.39, 0.29) is 11.5 Å². The van der Waals surface area contributed by atoms with Gasteiger partial charge in [0, 0.05) is 5.70 Å². The van der Waals surface area contributed by atoms with E-state index in [0.717, 1.165) is 35.9 Å². The summed E-state index contributed by atoms with van der Waals surface area (Å²) in [7, 11) is 0. The van der Waals surface area contributed by atoms with Gasteiger partial charge in [0.15, 0.2) is 5.84 Å². The molecule has 7 N–H and O–H groups in total. The molecule has 5 heteroatoms. The van der Waals surface area contributed by atoms with Crippen LogP contribution in [0, 0.1) is 23.2 Å². The second-order valence-corrected chi connectivity index (χ2v) is 4.94. The molecule has 0 aromatic rings. The van der Waals surface area contributed by atoms with Crippen LogP contribution in [0.1, 0.15) is 26.2 Å². The van der Waals surface area contributed by atoms with E-state index in [1.54, 1.807) is 0 Å². The number of hydrazone groups is 1. The minimum atomic E-state index is 0.0717. The summed E-state index contributed by atoms with van der Waals surface area (Å²) < 4.78 is 0. The molecule has 0 heterocycles. The molecule has 0 bridgehead atoms. The van der Waals surface area contributed by atoms with Gasteiger partial charge < -0.3 is 17.3 Å². The predicted octanol–water partition coefficient (Wildman–Crippen LogP) is 0.516. The van der Waals surface area contributed by atoms with Crippen LogP contribution in [0.3, 0.4) is 0 Å². The van der Waals surface area contributed by atoms with Crippen molar-refractivity contribution in [2.75, 3.05) is 0 Å². The Morgan fingerprint density at radius 1 is 1.44 bits per heavy atom. The molecule has 16 heavy (non-hydrogen) atoms. The Morgan fingerprint density at radius 3 is 2.56 bits per heavy atom. The van der Waals surface area contributed by atoms with Gasteiger partial charge in [-0.05, 0) is 42.6 Å². The molecule has 0 saturated heterocycles. The van der Waals surface area contributed by atoms with E-state index < -0.39 is 0 Å². The van der Waals surface area contributed by atoms with Crippen molar-refractivity contribution < 1.29 is 0 Å². The SMILES string of the molecule is CC1C[C@@H]1C1CC(N)=C(C(=N)C(N)=NN)C1. The Balaban J connectivity index is 2.06. The topological polar surface area (TPSA) is 114 Å². The van der Waals surface area contributed by atoms with Crippen LogP contribution in [-0.2, 0) is 0 Å². The highest BCUT2D eigenvalue weighted by Gasteiger charge is 2.42. The van der Waals surface area contributed by atoms with E-state index in [9.17, 15) is 0 Å². The molecule has 2 aliphatic rings. The van der Waals surface area contributed by atoms with Crippen LogP contribution < -0.4 is 17.3 Å². The third-order valence-electron chi connectivity index (χ3n) is 3.81. The predicted molar refractivity (Wildman–Crippen MR) is 64.7 cm³/mol. The van der Waals surface area contributed by atoms with Crippen LogP contribution in [0.25, 0.3) is 0 Å². The Morgan fingerprint density at radius 2 is 2.06 bits per heavy atom. The summed E-state index contributed by atoms with van der Waals surface area (Å²) >= 11 is 0. The summed E-state index contributed by atoms with van der Waals surface area (Å²) in [6.07, 6.45) is 3.04. The first-order valence-electron chi connectivity index (χ1n) is 5.64. The summed E-state index contributed by atoms with van der Waals surface area (Å²) in [6, 6.07) is 0. The lowest BCUT2D eigenvalue weighted by Gasteiger charge is -2.08. The molecule has 3 atom stereocenters. The molecule has 0 radical (unpaired) electrons. The maximum absolute atomic E-state index is 7.85. The standard InChI is InChI=1S/C11H19N5/c1-5-2-7(5)6-3-8(9(12)4-6)10(13)11(14)16-15/h5-7,13H,2-4,12,15H2,1H3,(H2,14,16)/t5?,6?,7-/m0/s1. The van der Waals surface area contributed by atoms with Crippen LogP contribution in [0.4, 0.5) is 0 Å². The Bertz CT molecular complexity index is 382. The molecule has 1 fully saturated rings. The van der Waals surface area contributed by atoms with Crippen molar-refractivity contribution in [3.05, 3.63) is 11.3 Å². The van der Waals surface area contributed by atoms with Gasteiger partial charge in [-0.2, -0.15) is 5.10 Å². The third-order valence-corrected chi connectivity index (χ3v) is 3.81. The average molecular weight is 221 g/mol. The van der Waals surface area contributed by atoms with E-state index >= 15 is 0 Å². The molecule has 0 spiro atoms. The second kappa shape index (κ2) is 3.81. The maximum atomic E-state index is 7.85. The monoisotopic (exact) mass is 221 g/mol. The fourth-order valence-electron chi connectivity index (χ4n) is 2.66. The van der Waals surface area contributed by atoms with Crippen LogP contribution >= 0.6 is 0 Å². The van der Waals surface area contributed by atoms with Crippen molar-refractivity contribution in [3.63, 3.8) is 0 Å². The number of hydrogen-bond donors (Lipinski definition) is 4. The zero-order chi connectivity index (χ0) is 11.9. The van der Waals surface area contributed by atoms with E-state index in [0.29, 0.717) is 5.92 Å². The molecule has 0 aromatic heterocycles. The summed E-state index contributed by atoms with van der Waals surface area (Å²) in [5.74, 6) is 7.33. The number of nitrogens with one attached hydrogen (secondary N) is 1. The van der Waals surface area contributed by atoms with Crippen LogP contribution in [0.5, 0.6) is 0 Å². The van der Waals surface area contributed by atoms with Crippen LogP contribution in [0.2, 0.25) is 0 Å². The molecule has 0 aromatic carbocycles. The number of hydrogen-bond acceptors (Lipinski definition) is 4. The zero-order valence-electron chi connectivity index (χ0n) is 9.53. The first-order valence-corrected chi connectivity index (χ1v) is 5.64. The van der Waals surface area contributed by atoms with Crippen LogP contribution in [0.15, 0.2) is 16.4 Å². The molecule has 2 rings (SSSR count). The highest BCUT2D eigenvalue weighted by atomic mass is 15.2. The van der Waals surface area contributed by atoms with E-state index in [4.69, 9.17) is 22.7 Å². The molecule has 0 aliphatic heterocycles. The number of nitrogens with zero attached hydrogens (tertiary/aromatic N) is 1. The van der Waals surface area contributed by atoms with Crippen molar-refractivity contribution in [1.82, 2.24) is 0 Å². The van der Waals surface area contributed by atoms with Gasteiger partial charge in [0.25, 0.3) is 0 Å². The van der Waals surface area contributed by atoms with E-state index in [2.05, 4.69) is 12.0 Å². The van der Waals surface area contributed by atoms with Gasteiger partial charge in [-0.3, -0.25) is 5.41 Å². The van der Waals surface area contributed by atoms with Crippen molar-refractivity contribution in [2.24, 2.45) is 40.2 Å². The normalized spacial score (nSPS) is 34.3. The molecule has 5 nitrogen and oxygen atoms in total. The average Bonchev–Trinajstić information content (AvgIpc) is 2.86. The zero-order valence-corrected chi connectivity index (χ0v) is 9.53. The van der Waals surface area contributed by atoms with Crippen molar-refractivity contribution in [3.8, 4) is 0 Å². The molecular formula is C11H19N5. The smallest absolute Gasteiger partial charge is 0.168 e. The minimum Gasteiger partial charge on any atom is -0.402 e. The first-order chi connectivity index (χ1) is 7.54. The van der Waals surface area contributed by atoms with Gasteiger partial charge in [0.05, 0.1) is 0 Å². The molecule has 2 unspecified atom stereocenters. The van der Waals surface area contributed by atoms with E-state index in [1.807, 2.05) is 0 Å². The fraction of sp³-hybridized carbons (Fsp3) is 0.636. The van der Waals surface area contributed by atoms with Crippen molar-refractivity contribution >= 4 is 11.5 Å². The molecule has 1 saturated carbocycles. The van der Waals surface area contributed by atoms with Crippen LogP contribution in [-0.4, -0.2) is 11.5 Å². The van der Waals surface area contributed by atoms with Gasteiger partial charge in [-0.25, -0.2) is 0 Å². The lowest BCUT2D eigenvalue weighted by Crippen LogP contribution is -2.27. The highest BCUT2D eigenvalue weighted by Crippen LogP contribution is 2.50. The lowest BCUT2D eigenvalue weighted by molar-refractivity contribution is 0.464. The number of rotatable bonds is 3. The Labute approximate surface area is 95.3 Å². The summed E-state index contributed by atoms with van der Waals surface area (Å²) in [6.45, 7) is 2.26. The minimum absolute atomic E-state index is 0.0717. The summed E-state index contributed by atoms with van der Waals surface area (Å²) in [5.41, 5.74) is 13.3. The van der Waals surface area contributed by atoms with Gasteiger partial charge in [-0.1, -0.05) is 6.92 Å². The number of amidine groups is 1. The van der Waals surface area contributed by atoms with E-state index in [1.165, 1.54) is 6.42 Å².